The zero-order valence-electron chi connectivity index (χ0n) is 11.2. The molecule has 0 aromatic rings. The highest BCUT2D eigenvalue weighted by Crippen LogP contribution is 2.04. The van der Waals surface area contributed by atoms with E-state index in [1.54, 1.807) is 11.8 Å². The highest BCUT2D eigenvalue weighted by molar-refractivity contribution is 6.01. The third-order valence-corrected chi connectivity index (χ3v) is 2.66. The van der Waals surface area contributed by atoms with Crippen molar-refractivity contribution in [2.24, 2.45) is 16.8 Å². The molecule has 1 unspecified atom stereocenters. The number of amides is 1. The lowest BCUT2D eigenvalue weighted by Gasteiger charge is -2.24. The van der Waals surface area contributed by atoms with E-state index in [0.717, 1.165) is 13.0 Å². The summed E-state index contributed by atoms with van der Waals surface area (Å²) in [4.78, 5) is 15.8. The largest absolute Gasteiger partial charge is 0.409 e. The number of nitrogens with two attached hydrogens (primary N) is 1. The molecule has 17 heavy (non-hydrogen) atoms. The first-order valence-corrected chi connectivity index (χ1v) is 5.84. The number of carbonyl (C=O) groups is 1. The van der Waals surface area contributed by atoms with Crippen molar-refractivity contribution in [3.8, 4) is 0 Å². The van der Waals surface area contributed by atoms with Gasteiger partial charge in [-0.05, 0) is 40.9 Å². The fraction of sp³-hybridized carbons (Fsp3) is 0.818. The van der Waals surface area contributed by atoms with Crippen molar-refractivity contribution in [3.05, 3.63) is 0 Å². The van der Waals surface area contributed by atoms with Crippen LogP contribution in [-0.4, -0.2) is 60.5 Å². The molecule has 0 rings (SSSR count). The molecular weight excluding hydrogens is 220 g/mol. The van der Waals surface area contributed by atoms with Gasteiger partial charge in [-0.1, -0.05) is 5.16 Å². The Balaban J connectivity index is 4.30. The van der Waals surface area contributed by atoms with Gasteiger partial charge in [-0.25, -0.2) is 0 Å². The maximum absolute atomic E-state index is 12.0. The first kappa shape index (κ1) is 15.7. The first-order valence-electron chi connectivity index (χ1n) is 5.84. The molecule has 0 aliphatic rings. The minimum absolute atomic E-state index is 0.0407. The number of hydrogen-bond acceptors (Lipinski definition) is 4. The Morgan fingerprint density at radius 1 is 1.41 bits per heavy atom. The Labute approximate surface area is 103 Å². The van der Waals surface area contributed by atoms with E-state index in [-0.39, 0.29) is 11.7 Å². The maximum atomic E-state index is 12.0. The fourth-order valence-corrected chi connectivity index (χ4v) is 1.49. The molecule has 0 bridgehead atoms. The van der Waals surface area contributed by atoms with Crippen molar-refractivity contribution in [3.63, 3.8) is 0 Å². The van der Waals surface area contributed by atoms with Crippen molar-refractivity contribution in [2.45, 2.75) is 20.3 Å². The number of oxime groups is 1. The van der Waals surface area contributed by atoms with Gasteiger partial charge in [0.2, 0.25) is 5.91 Å². The predicted molar refractivity (Wildman–Crippen MR) is 68.0 cm³/mol. The van der Waals surface area contributed by atoms with Crippen LogP contribution in [0.4, 0.5) is 0 Å². The Morgan fingerprint density at radius 2 is 2.00 bits per heavy atom. The van der Waals surface area contributed by atoms with E-state index >= 15 is 0 Å². The Morgan fingerprint density at radius 3 is 2.41 bits per heavy atom. The van der Waals surface area contributed by atoms with Crippen LogP contribution in [-0.2, 0) is 4.79 Å². The quantitative estimate of drug-likeness (QED) is 0.289. The minimum atomic E-state index is -0.570. The van der Waals surface area contributed by atoms with Gasteiger partial charge < -0.3 is 20.7 Å². The van der Waals surface area contributed by atoms with E-state index in [2.05, 4.69) is 10.1 Å². The van der Waals surface area contributed by atoms with Crippen LogP contribution in [0.1, 0.15) is 20.3 Å². The minimum Gasteiger partial charge on any atom is -0.409 e. The number of carbonyl (C=O) groups excluding carboxylic acids is 1. The van der Waals surface area contributed by atoms with E-state index in [9.17, 15) is 4.79 Å². The van der Waals surface area contributed by atoms with E-state index < -0.39 is 5.92 Å². The molecule has 100 valence electrons. The second-order valence-corrected chi connectivity index (χ2v) is 4.32. The smallest absolute Gasteiger partial charge is 0.233 e. The molecule has 0 heterocycles. The third-order valence-electron chi connectivity index (χ3n) is 2.66. The molecule has 6 heteroatoms. The summed E-state index contributed by atoms with van der Waals surface area (Å²) >= 11 is 0. The van der Waals surface area contributed by atoms with E-state index in [1.807, 2.05) is 21.0 Å². The lowest BCUT2D eigenvalue weighted by molar-refractivity contribution is -0.132. The summed E-state index contributed by atoms with van der Waals surface area (Å²) in [5, 5.41) is 11.4. The molecule has 0 spiro atoms. The predicted octanol–water partition coefficient (Wildman–Crippen LogP) is 0.169. The highest BCUT2D eigenvalue weighted by atomic mass is 16.4. The average molecular weight is 244 g/mol. The van der Waals surface area contributed by atoms with Crippen LogP contribution in [0.3, 0.4) is 0 Å². The fourth-order valence-electron chi connectivity index (χ4n) is 1.49. The van der Waals surface area contributed by atoms with Crippen LogP contribution < -0.4 is 5.73 Å². The number of amidine groups is 1. The number of rotatable bonds is 7. The van der Waals surface area contributed by atoms with Crippen molar-refractivity contribution in [1.82, 2.24) is 9.80 Å². The van der Waals surface area contributed by atoms with Crippen molar-refractivity contribution in [1.29, 1.82) is 0 Å². The molecule has 0 saturated heterocycles. The van der Waals surface area contributed by atoms with Gasteiger partial charge in [0.1, 0.15) is 0 Å². The molecule has 6 nitrogen and oxygen atoms in total. The van der Waals surface area contributed by atoms with Gasteiger partial charge in [0.25, 0.3) is 0 Å². The standard InChI is InChI=1S/C11H24N4O2/c1-5-15(8-6-7-14(3)4)11(16)9(2)10(12)13-17/h9,17H,5-8H2,1-4H3,(H2,12,13). The Bertz CT molecular complexity index is 266. The Hall–Kier alpha value is -1.30. The highest BCUT2D eigenvalue weighted by Gasteiger charge is 2.22. The summed E-state index contributed by atoms with van der Waals surface area (Å²) < 4.78 is 0. The second-order valence-electron chi connectivity index (χ2n) is 4.32. The van der Waals surface area contributed by atoms with Gasteiger partial charge in [-0.3, -0.25) is 4.79 Å². The molecule has 0 radical (unpaired) electrons. The molecule has 0 aliphatic heterocycles. The monoisotopic (exact) mass is 244 g/mol. The number of nitrogens with zero attached hydrogens (tertiary/aromatic N) is 3. The van der Waals surface area contributed by atoms with Gasteiger partial charge in [0, 0.05) is 13.1 Å². The van der Waals surface area contributed by atoms with Gasteiger partial charge in [-0.15, -0.1) is 0 Å². The second kappa shape index (κ2) is 7.89. The third kappa shape index (κ3) is 5.53. The van der Waals surface area contributed by atoms with Crippen LogP contribution in [0, 0.1) is 5.92 Å². The molecule has 0 aliphatic carbocycles. The van der Waals surface area contributed by atoms with E-state index in [1.165, 1.54) is 0 Å². The molecule has 0 aromatic heterocycles. The zero-order chi connectivity index (χ0) is 13.4. The summed E-state index contributed by atoms with van der Waals surface area (Å²) in [6.07, 6.45) is 0.912. The molecule has 0 aromatic carbocycles. The van der Waals surface area contributed by atoms with E-state index in [0.29, 0.717) is 13.1 Å². The van der Waals surface area contributed by atoms with Crippen molar-refractivity contribution >= 4 is 11.7 Å². The average Bonchev–Trinajstić information content (AvgIpc) is 2.31. The summed E-state index contributed by atoms with van der Waals surface area (Å²) in [6, 6.07) is 0. The molecule has 1 atom stereocenters. The lowest BCUT2D eigenvalue weighted by Crippen LogP contribution is -2.41. The van der Waals surface area contributed by atoms with Crippen molar-refractivity contribution in [2.75, 3.05) is 33.7 Å². The van der Waals surface area contributed by atoms with Gasteiger partial charge in [0.15, 0.2) is 5.84 Å². The number of hydrogen-bond donors (Lipinski definition) is 2. The van der Waals surface area contributed by atoms with Crippen molar-refractivity contribution < 1.29 is 10.0 Å². The van der Waals surface area contributed by atoms with Crippen LogP contribution in [0.25, 0.3) is 0 Å². The molecule has 0 fully saturated rings. The molecular formula is C11H24N4O2. The summed E-state index contributed by atoms with van der Waals surface area (Å²) in [6.45, 7) is 5.83. The van der Waals surface area contributed by atoms with Gasteiger partial charge in [-0.2, -0.15) is 0 Å². The van der Waals surface area contributed by atoms with Crippen LogP contribution >= 0.6 is 0 Å². The summed E-state index contributed by atoms with van der Waals surface area (Å²) in [5.41, 5.74) is 5.43. The summed E-state index contributed by atoms with van der Waals surface area (Å²) in [5.74, 6) is -0.707. The SMILES string of the molecule is CCN(CCCN(C)C)C(=O)C(C)C(N)=NO. The van der Waals surface area contributed by atoms with Crippen LogP contribution in [0.5, 0.6) is 0 Å². The van der Waals surface area contributed by atoms with Gasteiger partial charge in [0.05, 0.1) is 5.92 Å². The first-order chi connectivity index (χ1) is 7.93. The summed E-state index contributed by atoms with van der Waals surface area (Å²) in [7, 11) is 3.99. The van der Waals surface area contributed by atoms with E-state index in [4.69, 9.17) is 10.9 Å². The normalized spacial score (nSPS) is 13.8. The molecule has 1 amide bonds. The van der Waals surface area contributed by atoms with Crippen LogP contribution in [0.2, 0.25) is 0 Å². The lowest BCUT2D eigenvalue weighted by atomic mass is 10.1. The topological polar surface area (TPSA) is 82.2 Å². The Kier molecular flexibility index (Phi) is 7.29. The van der Waals surface area contributed by atoms with Gasteiger partial charge >= 0.3 is 0 Å². The zero-order valence-corrected chi connectivity index (χ0v) is 11.2. The molecule has 3 N–H and O–H groups in total. The molecule has 0 saturated carbocycles. The van der Waals surface area contributed by atoms with Crippen LogP contribution in [0.15, 0.2) is 5.16 Å². The maximum Gasteiger partial charge on any atom is 0.233 e.